The molecule has 2 aliphatic heterocycles. The summed E-state index contributed by atoms with van der Waals surface area (Å²) in [5.74, 6) is 1.12. The fraction of sp³-hybridized carbons (Fsp3) is 0.360. The van der Waals surface area contributed by atoms with E-state index in [4.69, 9.17) is 4.74 Å². The Bertz CT molecular complexity index is 1080. The van der Waals surface area contributed by atoms with Crippen LogP contribution in [0.2, 0.25) is 0 Å². The van der Waals surface area contributed by atoms with Crippen molar-refractivity contribution in [3.8, 4) is 11.8 Å². The Morgan fingerprint density at radius 2 is 2.03 bits per heavy atom. The van der Waals surface area contributed by atoms with Gasteiger partial charge in [0, 0.05) is 28.1 Å². The molecule has 1 amide bonds. The number of carbonyl (C=O) groups is 1. The van der Waals surface area contributed by atoms with Crippen LogP contribution in [0.25, 0.3) is 0 Å². The lowest BCUT2D eigenvalue weighted by molar-refractivity contribution is -0.129. The summed E-state index contributed by atoms with van der Waals surface area (Å²) >= 11 is 5.07. The molecule has 166 valence electrons. The third kappa shape index (κ3) is 4.53. The maximum atomic E-state index is 13.2. The fourth-order valence-electron chi connectivity index (χ4n) is 4.22. The van der Waals surface area contributed by atoms with E-state index in [1.54, 1.807) is 23.8 Å². The lowest BCUT2D eigenvalue weighted by Crippen LogP contribution is -2.47. The second-order valence-corrected chi connectivity index (χ2v) is 9.87. The van der Waals surface area contributed by atoms with Gasteiger partial charge in [0.2, 0.25) is 5.91 Å². The molecule has 2 aromatic carbocycles. The predicted octanol–water partition coefficient (Wildman–Crippen LogP) is 6.02. The van der Waals surface area contributed by atoms with Crippen molar-refractivity contribution >= 4 is 39.3 Å². The first kappa shape index (κ1) is 22.8. The van der Waals surface area contributed by atoms with Crippen LogP contribution >= 0.6 is 27.7 Å². The van der Waals surface area contributed by atoms with Crippen LogP contribution in [0.1, 0.15) is 43.2 Å². The van der Waals surface area contributed by atoms with Crippen LogP contribution in [0, 0.1) is 11.3 Å². The van der Waals surface area contributed by atoms with Gasteiger partial charge in [-0.2, -0.15) is 5.26 Å². The highest BCUT2D eigenvalue weighted by Gasteiger charge is 2.39. The standard InChI is InChI=1S/C25H26BrN3O2S/c1-3-4-5-17-6-9-19(10-7-17)28-15-29-24(30)13-20(22(14-27)25(29)32-16-28)21-12-18(26)8-11-23(21)31-2/h6-12,20H,3-5,13,15-16H2,1-2H3/t20-/m0/s1. The molecule has 2 heterocycles. The summed E-state index contributed by atoms with van der Waals surface area (Å²) in [7, 11) is 1.61. The van der Waals surface area contributed by atoms with Crippen LogP contribution in [0.5, 0.6) is 5.75 Å². The number of halogens is 1. The average Bonchev–Trinajstić information content (AvgIpc) is 2.82. The molecule has 4 rings (SSSR count). The highest BCUT2D eigenvalue weighted by molar-refractivity contribution is 9.10. The monoisotopic (exact) mass is 511 g/mol. The minimum Gasteiger partial charge on any atom is -0.496 e. The van der Waals surface area contributed by atoms with Crippen molar-refractivity contribution in [1.29, 1.82) is 5.26 Å². The number of methoxy groups -OCH3 is 1. The first-order valence-corrected chi connectivity index (χ1v) is 12.6. The Kier molecular flexibility index (Phi) is 7.12. The van der Waals surface area contributed by atoms with E-state index >= 15 is 0 Å². The summed E-state index contributed by atoms with van der Waals surface area (Å²) in [6, 6.07) is 16.7. The number of ether oxygens (including phenoxy) is 1. The van der Waals surface area contributed by atoms with Gasteiger partial charge in [-0.1, -0.05) is 53.2 Å². The van der Waals surface area contributed by atoms with E-state index in [0.717, 1.165) is 27.2 Å². The van der Waals surface area contributed by atoms with Crippen molar-refractivity contribution in [2.24, 2.45) is 0 Å². The van der Waals surface area contributed by atoms with Crippen LogP contribution in [-0.4, -0.2) is 30.5 Å². The van der Waals surface area contributed by atoms with E-state index in [1.807, 2.05) is 18.2 Å². The maximum Gasteiger partial charge on any atom is 0.229 e. The molecule has 1 fully saturated rings. The van der Waals surface area contributed by atoms with Gasteiger partial charge in [0.1, 0.15) is 5.75 Å². The van der Waals surface area contributed by atoms with Gasteiger partial charge in [-0.25, -0.2) is 0 Å². The van der Waals surface area contributed by atoms with E-state index in [9.17, 15) is 10.1 Å². The van der Waals surface area contributed by atoms with Crippen molar-refractivity contribution < 1.29 is 9.53 Å². The van der Waals surface area contributed by atoms with E-state index in [1.165, 1.54) is 18.4 Å². The van der Waals surface area contributed by atoms with Gasteiger partial charge in [0.05, 0.1) is 36.3 Å². The van der Waals surface area contributed by atoms with Gasteiger partial charge >= 0.3 is 0 Å². The highest BCUT2D eigenvalue weighted by atomic mass is 79.9. The molecule has 2 aliphatic rings. The lowest BCUT2D eigenvalue weighted by atomic mass is 9.86. The SMILES string of the molecule is CCCCc1ccc(N2CSC3=C(C#N)[C@H](c4cc(Br)ccc4OC)CC(=O)N3C2)cc1. The van der Waals surface area contributed by atoms with E-state index in [0.29, 0.717) is 23.9 Å². The van der Waals surface area contributed by atoms with Gasteiger partial charge < -0.3 is 9.64 Å². The molecule has 0 bridgehead atoms. The third-order valence-electron chi connectivity index (χ3n) is 5.98. The van der Waals surface area contributed by atoms with Gasteiger partial charge in [0.25, 0.3) is 0 Å². The van der Waals surface area contributed by atoms with Crippen LogP contribution < -0.4 is 9.64 Å². The van der Waals surface area contributed by atoms with Crippen LogP contribution in [0.15, 0.2) is 57.5 Å². The molecule has 2 aromatic rings. The average molecular weight is 512 g/mol. The summed E-state index contributed by atoms with van der Waals surface area (Å²) in [5.41, 5.74) is 3.94. The largest absolute Gasteiger partial charge is 0.496 e. The van der Waals surface area contributed by atoms with Crippen molar-refractivity contribution in [1.82, 2.24) is 4.90 Å². The first-order chi connectivity index (χ1) is 15.5. The highest BCUT2D eigenvalue weighted by Crippen LogP contribution is 2.45. The first-order valence-electron chi connectivity index (χ1n) is 10.8. The molecule has 32 heavy (non-hydrogen) atoms. The molecule has 0 N–H and O–H groups in total. The van der Waals surface area contributed by atoms with Gasteiger partial charge in [-0.15, -0.1) is 0 Å². The number of nitriles is 1. The minimum absolute atomic E-state index is 0.0304. The summed E-state index contributed by atoms with van der Waals surface area (Å²) in [5, 5.41) is 10.8. The second kappa shape index (κ2) is 10.0. The molecule has 0 spiro atoms. The molecule has 0 aromatic heterocycles. The number of carbonyl (C=O) groups excluding carboxylic acids is 1. The molecule has 5 nitrogen and oxygen atoms in total. The number of thioether (sulfide) groups is 1. The van der Waals surface area contributed by atoms with Crippen molar-refractivity contribution in [2.45, 2.75) is 38.5 Å². The number of benzene rings is 2. The molecule has 0 saturated carbocycles. The van der Waals surface area contributed by atoms with E-state index in [2.05, 4.69) is 58.1 Å². The van der Waals surface area contributed by atoms with Crippen molar-refractivity contribution in [3.63, 3.8) is 0 Å². The molecule has 7 heteroatoms. The van der Waals surface area contributed by atoms with Crippen molar-refractivity contribution in [2.75, 3.05) is 24.6 Å². The number of anilines is 1. The Hall–Kier alpha value is -2.43. The van der Waals surface area contributed by atoms with Gasteiger partial charge in [0.15, 0.2) is 0 Å². The topological polar surface area (TPSA) is 56.6 Å². The zero-order valence-corrected chi connectivity index (χ0v) is 20.7. The summed E-state index contributed by atoms with van der Waals surface area (Å²) in [6.45, 7) is 2.66. The smallest absolute Gasteiger partial charge is 0.229 e. The molecule has 0 unspecified atom stereocenters. The predicted molar refractivity (Wildman–Crippen MR) is 132 cm³/mol. The number of allylic oxidation sites excluding steroid dienone is 1. The summed E-state index contributed by atoms with van der Waals surface area (Å²) in [4.78, 5) is 17.1. The van der Waals surface area contributed by atoms with Crippen molar-refractivity contribution in [3.05, 3.63) is 68.7 Å². The Morgan fingerprint density at radius 3 is 2.72 bits per heavy atom. The third-order valence-corrected chi connectivity index (χ3v) is 7.63. The Balaban J connectivity index is 1.60. The fourth-order valence-corrected chi connectivity index (χ4v) is 5.77. The van der Waals surface area contributed by atoms with Crippen LogP contribution in [0.3, 0.4) is 0 Å². The zero-order valence-electron chi connectivity index (χ0n) is 18.3. The number of hydrogen-bond donors (Lipinski definition) is 0. The quantitative estimate of drug-likeness (QED) is 0.474. The van der Waals surface area contributed by atoms with Gasteiger partial charge in [-0.05, 0) is 48.7 Å². The molecule has 0 aliphatic carbocycles. The number of unbranched alkanes of at least 4 members (excludes halogenated alkanes) is 1. The summed E-state index contributed by atoms with van der Waals surface area (Å²) in [6.07, 6.45) is 3.72. The summed E-state index contributed by atoms with van der Waals surface area (Å²) < 4.78 is 6.43. The molecular formula is C25H26BrN3O2S. The number of fused-ring (bicyclic) bond motifs is 1. The Morgan fingerprint density at radius 1 is 1.25 bits per heavy atom. The number of hydrogen-bond acceptors (Lipinski definition) is 5. The van der Waals surface area contributed by atoms with E-state index in [-0.39, 0.29) is 18.2 Å². The molecule has 1 atom stereocenters. The molecule has 1 saturated heterocycles. The number of aryl methyl sites for hydroxylation is 1. The number of nitrogens with zero attached hydrogens (tertiary/aromatic N) is 3. The molecular weight excluding hydrogens is 486 g/mol. The van der Waals surface area contributed by atoms with Gasteiger partial charge in [-0.3, -0.25) is 9.69 Å². The zero-order chi connectivity index (χ0) is 22.7. The maximum absolute atomic E-state index is 13.2. The molecule has 0 radical (unpaired) electrons. The van der Waals surface area contributed by atoms with Crippen LogP contribution in [0.4, 0.5) is 5.69 Å². The number of rotatable bonds is 6. The van der Waals surface area contributed by atoms with Crippen LogP contribution in [-0.2, 0) is 11.2 Å². The van der Waals surface area contributed by atoms with E-state index < -0.39 is 0 Å². The Labute approximate surface area is 202 Å². The number of amides is 1. The second-order valence-electron chi connectivity index (χ2n) is 8.02. The normalized spacial score (nSPS) is 18.4. The minimum atomic E-state index is -0.303. The lowest BCUT2D eigenvalue weighted by Gasteiger charge is -2.42.